The predicted molar refractivity (Wildman–Crippen MR) is 79.4 cm³/mol. The summed E-state index contributed by atoms with van der Waals surface area (Å²) in [5.74, 6) is 0.287. The van der Waals surface area contributed by atoms with E-state index in [0.717, 1.165) is 19.6 Å². The highest BCUT2D eigenvalue weighted by Crippen LogP contribution is 2.17. The molecule has 1 atom stereocenters. The first-order valence-electron chi connectivity index (χ1n) is 6.95. The number of likely N-dealkylation sites (tertiary alicyclic amines) is 1. The second-order valence-corrected chi connectivity index (χ2v) is 5.83. The summed E-state index contributed by atoms with van der Waals surface area (Å²) < 4.78 is 14.0. The second kappa shape index (κ2) is 6.33. The van der Waals surface area contributed by atoms with Crippen LogP contribution in [-0.4, -0.2) is 49.4 Å². The van der Waals surface area contributed by atoms with Gasteiger partial charge in [-0.25, -0.2) is 4.39 Å². The van der Waals surface area contributed by atoms with Gasteiger partial charge < -0.3 is 15.5 Å². The number of halogens is 1. The highest BCUT2D eigenvalue weighted by atomic mass is 19.1. The molecule has 1 aromatic carbocycles. The Hall–Kier alpha value is -1.46. The van der Waals surface area contributed by atoms with Gasteiger partial charge in [-0.3, -0.25) is 5.41 Å². The summed E-state index contributed by atoms with van der Waals surface area (Å²) in [5.41, 5.74) is 6.45. The molecule has 20 heavy (non-hydrogen) atoms. The van der Waals surface area contributed by atoms with Crippen LogP contribution in [0.2, 0.25) is 0 Å². The molecule has 0 radical (unpaired) electrons. The van der Waals surface area contributed by atoms with Gasteiger partial charge >= 0.3 is 0 Å². The Bertz CT molecular complexity index is 489. The number of nitrogen functional groups attached to an aromatic ring is 1. The van der Waals surface area contributed by atoms with Crippen LogP contribution in [0, 0.1) is 17.1 Å². The van der Waals surface area contributed by atoms with E-state index in [4.69, 9.17) is 11.1 Å². The molecule has 2 rings (SSSR count). The third kappa shape index (κ3) is 3.77. The molecule has 1 saturated heterocycles. The lowest BCUT2D eigenvalue weighted by Crippen LogP contribution is -2.27. The number of benzene rings is 1. The second-order valence-electron chi connectivity index (χ2n) is 5.83. The highest BCUT2D eigenvalue weighted by Gasteiger charge is 2.21. The van der Waals surface area contributed by atoms with E-state index >= 15 is 0 Å². The number of nitrogens with zero attached hydrogens (tertiary/aromatic N) is 2. The number of nitrogens with one attached hydrogen (secondary N) is 1. The van der Waals surface area contributed by atoms with Crippen molar-refractivity contribution in [1.82, 2.24) is 9.80 Å². The third-order valence-corrected chi connectivity index (χ3v) is 3.86. The molecule has 4 nitrogen and oxygen atoms in total. The molecule has 1 aromatic rings. The molecule has 5 heteroatoms. The smallest absolute Gasteiger partial charge is 0.128 e. The van der Waals surface area contributed by atoms with Gasteiger partial charge in [0.05, 0.1) is 0 Å². The van der Waals surface area contributed by atoms with E-state index in [1.807, 2.05) is 7.05 Å². The maximum absolute atomic E-state index is 14.0. The summed E-state index contributed by atoms with van der Waals surface area (Å²) in [6.45, 7) is 3.85. The van der Waals surface area contributed by atoms with E-state index in [1.54, 1.807) is 12.1 Å². The average Bonchev–Trinajstić information content (AvgIpc) is 2.77. The first-order valence-corrected chi connectivity index (χ1v) is 6.95. The van der Waals surface area contributed by atoms with Gasteiger partial charge in [-0.05, 0) is 39.0 Å². The topological polar surface area (TPSA) is 56.4 Å². The van der Waals surface area contributed by atoms with E-state index < -0.39 is 0 Å². The van der Waals surface area contributed by atoms with Gasteiger partial charge in [-0.15, -0.1) is 0 Å². The van der Waals surface area contributed by atoms with Crippen molar-refractivity contribution in [1.29, 1.82) is 5.41 Å². The molecule has 0 bridgehead atoms. The van der Waals surface area contributed by atoms with Crippen molar-refractivity contribution in [2.45, 2.75) is 13.0 Å². The fourth-order valence-electron chi connectivity index (χ4n) is 2.81. The zero-order valence-corrected chi connectivity index (χ0v) is 12.2. The van der Waals surface area contributed by atoms with Gasteiger partial charge in [-0.2, -0.15) is 0 Å². The summed E-state index contributed by atoms with van der Waals surface area (Å²) in [7, 11) is 4.16. The molecule has 0 aromatic heterocycles. The van der Waals surface area contributed by atoms with Crippen LogP contribution in [0.4, 0.5) is 4.39 Å². The Balaban J connectivity index is 1.94. The summed E-state index contributed by atoms with van der Waals surface area (Å²) in [4.78, 5) is 4.50. The average molecular weight is 278 g/mol. The molecule has 1 heterocycles. The van der Waals surface area contributed by atoms with Crippen molar-refractivity contribution in [2.75, 3.05) is 33.7 Å². The molecule has 0 spiro atoms. The molecular weight excluding hydrogens is 255 g/mol. The van der Waals surface area contributed by atoms with Crippen molar-refractivity contribution in [2.24, 2.45) is 11.7 Å². The maximum Gasteiger partial charge on any atom is 0.128 e. The Morgan fingerprint density at radius 1 is 1.55 bits per heavy atom. The van der Waals surface area contributed by atoms with Crippen molar-refractivity contribution in [3.8, 4) is 0 Å². The first kappa shape index (κ1) is 14.9. The standard InChI is InChI=1S/C15H23FN4/c1-19-6-5-11(8-19)9-20(2)10-13-4-3-12(15(17)18)7-14(13)16/h3-4,7,11H,5-6,8-10H2,1-2H3,(H3,17,18). The Kier molecular flexibility index (Phi) is 4.73. The van der Waals surface area contributed by atoms with Crippen molar-refractivity contribution in [3.05, 3.63) is 35.1 Å². The molecular formula is C15H23FN4. The minimum absolute atomic E-state index is 0.0993. The lowest BCUT2D eigenvalue weighted by atomic mass is 10.1. The first-order chi connectivity index (χ1) is 9.45. The van der Waals surface area contributed by atoms with Crippen LogP contribution in [0.3, 0.4) is 0 Å². The largest absolute Gasteiger partial charge is 0.384 e. The highest BCUT2D eigenvalue weighted by molar-refractivity contribution is 5.94. The van der Waals surface area contributed by atoms with Crippen LogP contribution < -0.4 is 5.73 Å². The number of amidine groups is 1. The Morgan fingerprint density at radius 2 is 2.30 bits per heavy atom. The fraction of sp³-hybridized carbons (Fsp3) is 0.533. The molecule has 3 N–H and O–H groups in total. The van der Waals surface area contributed by atoms with E-state index in [0.29, 0.717) is 23.6 Å². The third-order valence-electron chi connectivity index (χ3n) is 3.86. The van der Waals surface area contributed by atoms with Crippen LogP contribution in [0.5, 0.6) is 0 Å². The molecule has 0 aliphatic carbocycles. The van der Waals surface area contributed by atoms with Crippen molar-refractivity contribution < 1.29 is 4.39 Å². The lowest BCUT2D eigenvalue weighted by molar-refractivity contribution is 0.264. The zero-order chi connectivity index (χ0) is 14.7. The Morgan fingerprint density at radius 3 is 2.85 bits per heavy atom. The van der Waals surface area contributed by atoms with Crippen molar-refractivity contribution >= 4 is 5.84 Å². The number of nitrogens with two attached hydrogens (primary N) is 1. The van der Waals surface area contributed by atoms with E-state index in [9.17, 15) is 4.39 Å². The van der Waals surface area contributed by atoms with Crippen molar-refractivity contribution in [3.63, 3.8) is 0 Å². The Labute approximate surface area is 119 Å². The molecule has 0 amide bonds. The van der Waals surface area contributed by atoms with Gasteiger partial charge in [-0.1, -0.05) is 12.1 Å². The lowest BCUT2D eigenvalue weighted by Gasteiger charge is -2.21. The minimum atomic E-state index is -0.284. The van der Waals surface area contributed by atoms with Gasteiger partial charge in [0.15, 0.2) is 0 Å². The number of hydrogen-bond donors (Lipinski definition) is 2. The normalized spacial score (nSPS) is 19.7. The van der Waals surface area contributed by atoms with Crippen LogP contribution >= 0.6 is 0 Å². The molecule has 110 valence electrons. The maximum atomic E-state index is 14.0. The monoisotopic (exact) mass is 278 g/mol. The summed E-state index contributed by atoms with van der Waals surface area (Å²) in [6, 6.07) is 4.77. The van der Waals surface area contributed by atoms with E-state index in [-0.39, 0.29) is 11.7 Å². The summed E-state index contributed by atoms with van der Waals surface area (Å²) >= 11 is 0. The minimum Gasteiger partial charge on any atom is -0.384 e. The SMILES string of the molecule is CN1CCC(CN(C)Cc2ccc(C(=N)N)cc2F)C1. The zero-order valence-electron chi connectivity index (χ0n) is 12.2. The van der Waals surface area contributed by atoms with Gasteiger partial charge in [0.25, 0.3) is 0 Å². The van der Waals surface area contributed by atoms with E-state index in [2.05, 4.69) is 16.8 Å². The number of hydrogen-bond acceptors (Lipinski definition) is 3. The summed E-state index contributed by atoms with van der Waals surface area (Å²) in [6.07, 6.45) is 1.21. The van der Waals surface area contributed by atoms with Gasteiger partial charge in [0.1, 0.15) is 11.7 Å². The molecule has 1 aliphatic rings. The summed E-state index contributed by atoms with van der Waals surface area (Å²) in [5, 5.41) is 7.31. The molecule has 0 saturated carbocycles. The fourth-order valence-corrected chi connectivity index (χ4v) is 2.81. The van der Waals surface area contributed by atoms with Crippen LogP contribution in [0.15, 0.2) is 18.2 Å². The molecule has 1 aliphatic heterocycles. The number of rotatable bonds is 5. The van der Waals surface area contributed by atoms with Gasteiger partial charge in [0.2, 0.25) is 0 Å². The molecule has 1 unspecified atom stereocenters. The van der Waals surface area contributed by atoms with Crippen LogP contribution in [0.25, 0.3) is 0 Å². The molecule has 1 fully saturated rings. The van der Waals surface area contributed by atoms with Crippen LogP contribution in [-0.2, 0) is 6.54 Å². The van der Waals surface area contributed by atoms with Crippen LogP contribution in [0.1, 0.15) is 17.5 Å². The van der Waals surface area contributed by atoms with E-state index in [1.165, 1.54) is 12.5 Å². The van der Waals surface area contributed by atoms with Gasteiger partial charge in [0, 0.05) is 30.8 Å². The predicted octanol–water partition coefficient (Wildman–Crippen LogP) is 1.49. The quantitative estimate of drug-likeness (QED) is 0.634.